The summed E-state index contributed by atoms with van der Waals surface area (Å²) >= 11 is 0. The van der Waals surface area contributed by atoms with Crippen molar-refractivity contribution in [3.63, 3.8) is 0 Å². The van der Waals surface area contributed by atoms with Crippen LogP contribution < -0.4 is 20.3 Å². The molecule has 4 rings (SSSR count). The van der Waals surface area contributed by atoms with Crippen molar-refractivity contribution < 1.29 is 18.7 Å². The van der Waals surface area contributed by atoms with Crippen LogP contribution in [0, 0.1) is 5.92 Å². The van der Waals surface area contributed by atoms with Crippen molar-refractivity contribution in [2.75, 3.05) is 13.2 Å². The zero-order valence-corrected chi connectivity index (χ0v) is 16.5. The molecule has 2 aromatic heterocycles. The fourth-order valence-corrected chi connectivity index (χ4v) is 3.51. The van der Waals surface area contributed by atoms with Crippen LogP contribution in [0.25, 0.3) is 11.0 Å². The predicted molar refractivity (Wildman–Crippen MR) is 108 cm³/mol. The number of amides is 1. The summed E-state index contributed by atoms with van der Waals surface area (Å²) in [6.07, 6.45) is 3.88. The van der Waals surface area contributed by atoms with E-state index in [4.69, 9.17) is 13.9 Å². The minimum Gasteiger partial charge on any atom is -0.490 e. The van der Waals surface area contributed by atoms with Gasteiger partial charge >= 0.3 is 0 Å². The van der Waals surface area contributed by atoms with Crippen molar-refractivity contribution >= 4 is 16.9 Å². The van der Waals surface area contributed by atoms with Crippen molar-refractivity contribution in [2.45, 2.75) is 32.9 Å². The Labute approximate surface area is 168 Å². The number of pyridine rings is 1. The zero-order chi connectivity index (χ0) is 20.4. The van der Waals surface area contributed by atoms with Gasteiger partial charge in [-0.2, -0.15) is 0 Å². The van der Waals surface area contributed by atoms with Gasteiger partial charge in [-0.05, 0) is 35.7 Å². The Kier molecular flexibility index (Phi) is 5.29. The van der Waals surface area contributed by atoms with Crippen LogP contribution in [0.3, 0.4) is 0 Å². The maximum Gasteiger partial charge on any atom is 0.262 e. The van der Waals surface area contributed by atoms with E-state index in [1.165, 1.54) is 10.8 Å². The van der Waals surface area contributed by atoms with Gasteiger partial charge in [0.25, 0.3) is 5.56 Å². The molecule has 0 bridgehead atoms. The first kappa shape index (κ1) is 19.1. The van der Waals surface area contributed by atoms with E-state index >= 15 is 0 Å². The summed E-state index contributed by atoms with van der Waals surface area (Å²) in [6.45, 7) is 5.25. The molecule has 0 unspecified atom stereocenters. The fourth-order valence-electron chi connectivity index (χ4n) is 3.51. The van der Waals surface area contributed by atoms with Gasteiger partial charge in [-0.25, -0.2) is 0 Å². The Hall–Kier alpha value is -3.22. The number of nitrogens with zero attached hydrogens (tertiary/aromatic N) is 1. The minimum absolute atomic E-state index is 0.0618. The molecular weight excluding hydrogens is 372 g/mol. The first-order valence-electron chi connectivity index (χ1n) is 9.78. The molecular formula is C22H24N2O5. The number of hydrogen-bond donors (Lipinski definition) is 1. The van der Waals surface area contributed by atoms with Gasteiger partial charge in [0, 0.05) is 12.6 Å². The number of benzene rings is 1. The summed E-state index contributed by atoms with van der Waals surface area (Å²) in [6, 6.07) is 8.84. The largest absolute Gasteiger partial charge is 0.490 e. The Morgan fingerprint density at radius 3 is 2.72 bits per heavy atom. The highest BCUT2D eigenvalue weighted by Crippen LogP contribution is 2.34. The summed E-state index contributed by atoms with van der Waals surface area (Å²) in [5.74, 6) is 1.33. The third-order valence-corrected chi connectivity index (χ3v) is 5.02. The number of hydrogen-bond acceptors (Lipinski definition) is 5. The van der Waals surface area contributed by atoms with Crippen LogP contribution in [0.2, 0.25) is 0 Å². The smallest absolute Gasteiger partial charge is 0.262 e. The summed E-state index contributed by atoms with van der Waals surface area (Å²) in [4.78, 5) is 25.2. The van der Waals surface area contributed by atoms with Gasteiger partial charge in [0.2, 0.25) is 5.91 Å². The lowest BCUT2D eigenvalue weighted by atomic mass is 9.95. The molecule has 3 heterocycles. The van der Waals surface area contributed by atoms with Gasteiger partial charge in [-0.1, -0.05) is 19.9 Å². The predicted octanol–water partition coefficient (Wildman–Crippen LogP) is 3.27. The number of nitrogens with one attached hydrogen (secondary N) is 1. The highest BCUT2D eigenvalue weighted by molar-refractivity contribution is 5.78. The Morgan fingerprint density at radius 1 is 1.14 bits per heavy atom. The van der Waals surface area contributed by atoms with Crippen molar-refractivity contribution in [2.24, 2.45) is 5.92 Å². The minimum atomic E-state index is -0.247. The van der Waals surface area contributed by atoms with Crippen LogP contribution in [0.15, 0.2) is 52.0 Å². The van der Waals surface area contributed by atoms with Crippen LogP contribution in [-0.4, -0.2) is 23.7 Å². The van der Waals surface area contributed by atoms with Gasteiger partial charge in [0.05, 0.1) is 30.9 Å². The first-order chi connectivity index (χ1) is 14.0. The Bertz CT molecular complexity index is 1080. The number of carbonyl (C=O) groups excluding carboxylic acids is 1. The summed E-state index contributed by atoms with van der Waals surface area (Å²) in [5, 5.41) is 3.52. The van der Waals surface area contributed by atoms with Gasteiger partial charge < -0.3 is 23.8 Å². The molecule has 0 aliphatic carbocycles. The van der Waals surface area contributed by atoms with Gasteiger partial charge in [0.15, 0.2) is 11.5 Å². The third kappa shape index (κ3) is 3.99. The third-order valence-electron chi connectivity index (χ3n) is 5.02. The quantitative estimate of drug-likeness (QED) is 0.716. The fraction of sp³-hybridized carbons (Fsp3) is 0.364. The molecule has 1 aliphatic heterocycles. The van der Waals surface area contributed by atoms with E-state index < -0.39 is 0 Å². The van der Waals surface area contributed by atoms with Crippen LogP contribution >= 0.6 is 0 Å². The number of ether oxygens (including phenoxy) is 2. The molecule has 0 radical (unpaired) electrons. The highest BCUT2D eigenvalue weighted by atomic mass is 16.5. The number of fused-ring (bicyclic) bond motifs is 2. The maximum absolute atomic E-state index is 12.7. The van der Waals surface area contributed by atoms with Crippen LogP contribution in [0.1, 0.15) is 31.9 Å². The van der Waals surface area contributed by atoms with E-state index in [2.05, 4.69) is 5.32 Å². The first-order valence-corrected chi connectivity index (χ1v) is 9.78. The van der Waals surface area contributed by atoms with E-state index in [0.29, 0.717) is 29.9 Å². The number of furan rings is 1. The number of aromatic nitrogens is 1. The van der Waals surface area contributed by atoms with Gasteiger partial charge in [0.1, 0.15) is 12.1 Å². The van der Waals surface area contributed by atoms with E-state index in [0.717, 1.165) is 17.7 Å². The maximum atomic E-state index is 12.7. The van der Waals surface area contributed by atoms with E-state index in [1.807, 2.05) is 32.0 Å². The van der Waals surface area contributed by atoms with Crippen molar-refractivity contribution in [1.82, 2.24) is 9.88 Å². The lowest BCUT2D eigenvalue weighted by molar-refractivity contribution is -0.122. The molecule has 1 amide bonds. The van der Waals surface area contributed by atoms with Crippen molar-refractivity contribution in [3.8, 4) is 11.5 Å². The molecule has 7 nitrogen and oxygen atoms in total. The molecule has 3 aromatic rings. The molecule has 1 atom stereocenters. The monoisotopic (exact) mass is 396 g/mol. The van der Waals surface area contributed by atoms with Crippen molar-refractivity contribution in [1.29, 1.82) is 0 Å². The Balaban J connectivity index is 1.53. The van der Waals surface area contributed by atoms with Crippen LogP contribution in [0.4, 0.5) is 0 Å². The average molecular weight is 396 g/mol. The lowest BCUT2D eigenvalue weighted by Crippen LogP contribution is -2.36. The van der Waals surface area contributed by atoms with Crippen LogP contribution in [-0.2, 0) is 11.3 Å². The molecule has 7 heteroatoms. The molecule has 1 N–H and O–H groups in total. The second-order valence-corrected chi connectivity index (χ2v) is 7.49. The van der Waals surface area contributed by atoms with E-state index in [1.54, 1.807) is 18.3 Å². The molecule has 0 fully saturated rings. The summed E-state index contributed by atoms with van der Waals surface area (Å²) < 4.78 is 18.1. The van der Waals surface area contributed by atoms with Gasteiger partial charge in [-0.15, -0.1) is 0 Å². The molecule has 0 saturated carbocycles. The Morgan fingerprint density at radius 2 is 1.93 bits per heavy atom. The average Bonchev–Trinajstić information content (AvgIpc) is 3.06. The van der Waals surface area contributed by atoms with Crippen molar-refractivity contribution in [3.05, 3.63) is 58.7 Å². The van der Waals surface area contributed by atoms with E-state index in [-0.39, 0.29) is 30.0 Å². The number of carbonyl (C=O) groups is 1. The summed E-state index contributed by atoms with van der Waals surface area (Å²) in [7, 11) is 0. The molecule has 0 spiro atoms. The zero-order valence-electron chi connectivity index (χ0n) is 16.5. The SMILES string of the molecule is CC(C)[C@@H](NC(=O)Cn1ccc2occc2c1=O)c1ccc2c(c1)OCCCO2. The topological polar surface area (TPSA) is 82.7 Å². The normalized spacial score (nSPS) is 14.6. The lowest BCUT2D eigenvalue weighted by Gasteiger charge is -2.24. The second-order valence-electron chi connectivity index (χ2n) is 7.49. The molecule has 1 aromatic carbocycles. The molecule has 29 heavy (non-hydrogen) atoms. The molecule has 1 aliphatic rings. The molecule has 152 valence electrons. The van der Waals surface area contributed by atoms with Crippen LogP contribution in [0.5, 0.6) is 11.5 Å². The molecule has 0 saturated heterocycles. The second kappa shape index (κ2) is 8.03. The van der Waals surface area contributed by atoms with Gasteiger partial charge in [-0.3, -0.25) is 9.59 Å². The standard InChI is InChI=1S/C22H24N2O5/c1-14(2)21(15-4-5-18-19(12-15)28-10-3-9-27-18)23-20(25)13-24-8-6-17-16(22(24)26)7-11-29-17/h4-8,11-12,14,21H,3,9-10,13H2,1-2H3,(H,23,25)/t21-/m1/s1. The highest BCUT2D eigenvalue weighted by Gasteiger charge is 2.21. The summed E-state index contributed by atoms with van der Waals surface area (Å²) in [5.41, 5.74) is 1.21. The number of rotatable bonds is 5. The van der Waals surface area contributed by atoms with E-state index in [9.17, 15) is 9.59 Å².